The van der Waals surface area contributed by atoms with E-state index in [1.165, 1.54) is 0 Å². The molecule has 0 radical (unpaired) electrons. The number of aryl methyl sites for hydroxylation is 1. The van der Waals surface area contributed by atoms with Crippen LogP contribution < -0.4 is 4.74 Å². The number of halogens is 2. The van der Waals surface area contributed by atoms with Gasteiger partial charge in [-0.2, -0.15) is 0 Å². The quantitative estimate of drug-likeness (QED) is 0.545. The van der Waals surface area contributed by atoms with Crippen LogP contribution in [0.4, 0.5) is 0 Å². The number of aliphatic carboxylic acids is 1. The number of hydrogen-bond donors (Lipinski definition) is 1. The van der Waals surface area contributed by atoms with Gasteiger partial charge in [0.25, 0.3) is 0 Å². The molecule has 4 nitrogen and oxygen atoms in total. The molecule has 2 rings (SSSR count). The Bertz CT molecular complexity index is 614. The number of carboxylic acids is 1. The van der Waals surface area contributed by atoms with E-state index in [4.69, 9.17) is 9.84 Å². The van der Waals surface area contributed by atoms with E-state index in [0.717, 1.165) is 24.0 Å². The van der Waals surface area contributed by atoms with E-state index in [0.29, 0.717) is 23.1 Å². The second kappa shape index (κ2) is 6.71. The molecule has 6 heteroatoms. The van der Waals surface area contributed by atoms with Crippen LogP contribution in [0.1, 0.15) is 41.3 Å². The third kappa shape index (κ3) is 3.23. The monoisotopic (exact) mass is 432 g/mol. The zero-order valence-corrected chi connectivity index (χ0v) is 15.7. The van der Waals surface area contributed by atoms with Crippen molar-refractivity contribution in [3.63, 3.8) is 0 Å². The van der Waals surface area contributed by atoms with Gasteiger partial charge < -0.3 is 9.84 Å². The van der Waals surface area contributed by atoms with Gasteiger partial charge in [0.2, 0.25) is 0 Å². The second-order valence-corrected chi connectivity index (χ2v) is 7.68. The summed E-state index contributed by atoms with van der Waals surface area (Å²) < 4.78 is 4.78. The fourth-order valence-corrected chi connectivity index (χ4v) is 3.80. The van der Waals surface area contributed by atoms with E-state index < -0.39 is 16.4 Å². The van der Waals surface area contributed by atoms with E-state index in [9.17, 15) is 9.59 Å². The number of carboxylic acid groups (broad SMARTS) is 1. The molecule has 1 aromatic carbocycles. The van der Waals surface area contributed by atoms with Crippen molar-refractivity contribution in [1.29, 1.82) is 0 Å². The summed E-state index contributed by atoms with van der Waals surface area (Å²) in [5.74, 6) is -0.399. The van der Waals surface area contributed by atoms with Crippen LogP contribution in [-0.2, 0) is 11.2 Å². The lowest BCUT2D eigenvalue weighted by Gasteiger charge is -2.24. The standard InChI is InChI=1S/C16H18Br2O4/c1-3-4-16(18,8-17)14(19)11-6-10-7-13(15(20)21)22-12(10)5-9(11)2/h5-6,13H,3-4,7-8H2,1-2H3,(H,20,21). The summed E-state index contributed by atoms with van der Waals surface area (Å²) >= 11 is 6.99. The maximum Gasteiger partial charge on any atom is 0.345 e. The lowest BCUT2D eigenvalue weighted by molar-refractivity contribution is -0.144. The molecule has 1 N–H and O–H groups in total. The molecule has 1 aliphatic rings. The van der Waals surface area contributed by atoms with Gasteiger partial charge in [-0.1, -0.05) is 45.2 Å². The highest BCUT2D eigenvalue weighted by molar-refractivity contribution is 9.12. The van der Waals surface area contributed by atoms with Crippen molar-refractivity contribution >= 4 is 43.6 Å². The number of ether oxygens (including phenoxy) is 1. The fraction of sp³-hybridized carbons (Fsp3) is 0.500. The Morgan fingerprint density at radius 1 is 1.45 bits per heavy atom. The van der Waals surface area contributed by atoms with Crippen LogP contribution >= 0.6 is 31.9 Å². The van der Waals surface area contributed by atoms with Crippen LogP contribution in [0.3, 0.4) is 0 Å². The molecule has 2 unspecified atom stereocenters. The third-order valence-corrected chi connectivity index (χ3v) is 6.61. The van der Waals surface area contributed by atoms with Crippen molar-refractivity contribution in [1.82, 2.24) is 0 Å². The first kappa shape index (κ1) is 17.5. The minimum atomic E-state index is -0.983. The van der Waals surface area contributed by atoms with Crippen LogP contribution in [0, 0.1) is 6.92 Å². The minimum Gasteiger partial charge on any atom is -0.478 e. The van der Waals surface area contributed by atoms with Gasteiger partial charge in [0.05, 0.1) is 4.32 Å². The highest BCUT2D eigenvalue weighted by Crippen LogP contribution is 2.36. The lowest BCUT2D eigenvalue weighted by atomic mass is 9.90. The predicted molar refractivity (Wildman–Crippen MR) is 91.6 cm³/mol. The Balaban J connectivity index is 2.37. The van der Waals surface area contributed by atoms with Crippen molar-refractivity contribution in [3.05, 3.63) is 28.8 Å². The molecule has 22 heavy (non-hydrogen) atoms. The molecule has 1 heterocycles. The molecule has 2 atom stereocenters. The van der Waals surface area contributed by atoms with Crippen LogP contribution in [-0.4, -0.2) is 32.6 Å². The van der Waals surface area contributed by atoms with Crippen LogP contribution in [0.2, 0.25) is 0 Å². The number of Topliss-reactive ketones (excluding diaryl/α,β-unsaturated/α-hetero) is 1. The van der Waals surface area contributed by atoms with E-state index >= 15 is 0 Å². The van der Waals surface area contributed by atoms with Gasteiger partial charge in [0.15, 0.2) is 11.9 Å². The molecule has 0 saturated carbocycles. The topological polar surface area (TPSA) is 63.6 Å². The molecule has 120 valence electrons. The number of hydrogen-bond acceptors (Lipinski definition) is 3. The zero-order chi connectivity index (χ0) is 16.5. The van der Waals surface area contributed by atoms with E-state index in [2.05, 4.69) is 31.9 Å². The van der Waals surface area contributed by atoms with Crippen molar-refractivity contribution in [2.24, 2.45) is 0 Å². The average Bonchev–Trinajstić information content (AvgIpc) is 2.88. The van der Waals surface area contributed by atoms with E-state index in [1.807, 2.05) is 13.8 Å². The number of carbonyl (C=O) groups is 2. The third-order valence-electron chi connectivity index (χ3n) is 3.87. The smallest absolute Gasteiger partial charge is 0.345 e. The Kier molecular flexibility index (Phi) is 5.33. The molecular formula is C16H18Br2O4. The lowest BCUT2D eigenvalue weighted by Crippen LogP contribution is -2.34. The molecule has 0 fully saturated rings. The highest BCUT2D eigenvalue weighted by Gasteiger charge is 2.37. The summed E-state index contributed by atoms with van der Waals surface area (Å²) in [5.41, 5.74) is 2.20. The first-order valence-electron chi connectivity index (χ1n) is 7.15. The van der Waals surface area contributed by atoms with E-state index in [1.54, 1.807) is 12.1 Å². The van der Waals surface area contributed by atoms with Crippen LogP contribution in [0.25, 0.3) is 0 Å². The summed E-state index contributed by atoms with van der Waals surface area (Å²) in [6.45, 7) is 3.88. The second-order valence-electron chi connectivity index (χ2n) is 5.60. The van der Waals surface area contributed by atoms with E-state index in [-0.39, 0.29) is 5.78 Å². The molecular weight excluding hydrogens is 416 g/mol. The molecule has 0 spiro atoms. The Labute approximate surface area is 146 Å². The number of rotatable bonds is 6. The molecule has 0 bridgehead atoms. The zero-order valence-electron chi connectivity index (χ0n) is 12.5. The largest absolute Gasteiger partial charge is 0.478 e. The summed E-state index contributed by atoms with van der Waals surface area (Å²) in [4.78, 5) is 23.9. The number of carbonyl (C=O) groups excluding carboxylic acids is 1. The maximum atomic E-state index is 12.9. The van der Waals surface area contributed by atoms with Crippen LogP contribution in [0.5, 0.6) is 5.75 Å². The number of fused-ring (bicyclic) bond motifs is 1. The minimum absolute atomic E-state index is 0.0188. The van der Waals surface area contributed by atoms with Gasteiger partial charge in [0.1, 0.15) is 5.75 Å². The molecule has 1 aromatic rings. The molecule has 0 amide bonds. The Hall–Kier alpha value is -0.880. The number of benzene rings is 1. The van der Waals surface area contributed by atoms with Crippen molar-refractivity contribution < 1.29 is 19.4 Å². The van der Waals surface area contributed by atoms with Crippen molar-refractivity contribution in [2.45, 2.75) is 43.5 Å². The highest BCUT2D eigenvalue weighted by atomic mass is 79.9. The Morgan fingerprint density at radius 3 is 2.68 bits per heavy atom. The molecule has 0 aromatic heterocycles. The van der Waals surface area contributed by atoms with Gasteiger partial charge in [-0.25, -0.2) is 4.79 Å². The Morgan fingerprint density at radius 2 is 2.14 bits per heavy atom. The van der Waals surface area contributed by atoms with Crippen molar-refractivity contribution in [2.75, 3.05) is 5.33 Å². The average molecular weight is 434 g/mol. The SMILES string of the molecule is CCCC(Br)(CBr)C(=O)c1cc2c(cc1C)OC(C(=O)O)C2. The number of ketones is 1. The predicted octanol–water partition coefficient (Wildman–Crippen LogP) is 3.89. The van der Waals surface area contributed by atoms with Gasteiger partial charge in [-0.15, -0.1) is 0 Å². The summed E-state index contributed by atoms with van der Waals surface area (Å²) in [7, 11) is 0. The fourth-order valence-electron chi connectivity index (χ4n) is 2.65. The normalized spacial score (nSPS) is 19.2. The maximum absolute atomic E-state index is 12.9. The molecule has 0 saturated heterocycles. The summed E-state index contributed by atoms with van der Waals surface area (Å²) in [6.07, 6.45) is 1.04. The first-order valence-corrected chi connectivity index (χ1v) is 9.06. The van der Waals surface area contributed by atoms with Gasteiger partial charge >= 0.3 is 5.97 Å². The van der Waals surface area contributed by atoms with Gasteiger partial charge in [-0.3, -0.25) is 4.79 Å². The first-order chi connectivity index (χ1) is 10.3. The van der Waals surface area contributed by atoms with Gasteiger partial charge in [-0.05, 0) is 36.6 Å². The summed E-state index contributed by atoms with van der Waals surface area (Å²) in [5, 5.41) is 9.59. The van der Waals surface area contributed by atoms with Crippen molar-refractivity contribution in [3.8, 4) is 5.75 Å². The summed E-state index contributed by atoms with van der Waals surface area (Å²) in [6, 6.07) is 3.55. The molecule has 1 aliphatic heterocycles. The number of alkyl halides is 2. The molecule has 0 aliphatic carbocycles. The van der Waals surface area contributed by atoms with Crippen LogP contribution in [0.15, 0.2) is 12.1 Å². The van der Waals surface area contributed by atoms with Gasteiger partial charge in [0, 0.05) is 17.3 Å².